The van der Waals surface area contributed by atoms with Gasteiger partial charge in [0.1, 0.15) is 5.41 Å². The number of hydrogen-bond acceptors (Lipinski definition) is 3. The number of rotatable bonds is 4. The lowest BCUT2D eigenvalue weighted by Gasteiger charge is -2.40. The number of esters is 1. The van der Waals surface area contributed by atoms with Crippen molar-refractivity contribution in [1.82, 2.24) is 0 Å². The average Bonchev–Trinajstić information content (AvgIpc) is 2.23. The third-order valence-electron chi connectivity index (χ3n) is 3.16. The maximum Gasteiger partial charge on any atom is 0.318 e. The van der Waals surface area contributed by atoms with E-state index in [4.69, 9.17) is 9.16 Å². The third-order valence-corrected chi connectivity index (χ3v) is 4.12. The smallest absolute Gasteiger partial charge is 0.318 e. The fourth-order valence-electron chi connectivity index (χ4n) is 2.02. The topological polar surface area (TPSA) is 35.5 Å². The van der Waals surface area contributed by atoms with Crippen molar-refractivity contribution in [2.24, 2.45) is 5.41 Å². The Morgan fingerprint density at radius 1 is 1.56 bits per heavy atom. The van der Waals surface area contributed by atoms with E-state index in [9.17, 15) is 4.79 Å². The molecule has 0 fully saturated rings. The van der Waals surface area contributed by atoms with Gasteiger partial charge in [-0.25, -0.2) is 0 Å². The molecule has 2 atom stereocenters. The Balaban J connectivity index is 3.04. The summed E-state index contributed by atoms with van der Waals surface area (Å²) in [6.45, 7) is 14.5. The van der Waals surface area contributed by atoms with E-state index in [1.54, 1.807) is 0 Å². The van der Waals surface area contributed by atoms with Crippen molar-refractivity contribution in [3.63, 3.8) is 0 Å². The summed E-state index contributed by atoms with van der Waals surface area (Å²) in [6, 6.07) is 0. The van der Waals surface area contributed by atoms with Crippen molar-refractivity contribution in [2.75, 3.05) is 6.61 Å². The Morgan fingerprint density at radius 2 is 2.17 bits per heavy atom. The number of carbonyl (C=O) groups is 1. The van der Waals surface area contributed by atoms with E-state index in [1.165, 1.54) is 0 Å². The molecule has 3 nitrogen and oxygen atoms in total. The summed E-state index contributed by atoms with van der Waals surface area (Å²) >= 11 is 0. The normalized spacial score (nSPS) is 28.3. The standard InChI is InChI=1S/C14H24O3Si/c1-7-16-13(15)14(3)11(2)9-8-10-12(14)17-18(4,5)6/h8,10,12H,2,7,9H2,1,3-6H3. The molecule has 4 heteroatoms. The summed E-state index contributed by atoms with van der Waals surface area (Å²) in [5.74, 6) is -0.234. The largest absolute Gasteiger partial charge is 0.465 e. The number of ether oxygens (including phenoxy) is 1. The maximum absolute atomic E-state index is 12.2. The molecular formula is C14H24O3Si. The molecule has 0 saturated carbocycles. The highest BCUT2D eigenvalue weighted by molar-refractivity contribution is 6.69. The van der Waals surface area contributed by atoms with Crippen LogP contribution in [-0.4, -0.2) is 27.0 Å². The first kappa shape index (κ1) is 15.2. The van der Waals surface area contributed by atoms with E-state index in [0.29, 0.717) is 13.0 Å². The summed E-state index contributed by atoms with van der Waals surface area (Å²) in [5, 5.41) is 0. The van der Waals surface area contributed by atoms with Gasteiger partial charge in [-0.1, -0.05) is 24.3 Å². The Bertz CT molecular complexity index is 368. The van der Waals surface area contributed by atoms with E-state index < -0.39 is 13.7 Å². The fourth-order valence-corrected chi connectivity index (χ4v) is 3.10. The van der Waals surface area contributed by atoms with Gasteiger partial charge in [0.05, 0.1) is 12.7 Å². The number of carbonyl (C=O) groups excluding carboxylic acids is 1. The number of hydrogen-bond donors (Lipinski definition) is 0. The summed E-state index contributed by atoms with van der Waals surface area (Å²) in [5.41, 5.74) is 0.108. The van der Waals surface area contributed by atoms with Crippen LogP contribution < -0.4 is 0 Å². The molecule has 0 radical (unpaired) electrons. The van der Waals surface area contributed by atoms with Gasteiger partial charge in [-0.3, -0.25) is 4.79 Å². The second-order valence-electron chi connectivity index (χ2n) is 5.81. The Kier molecular flexibility index (Phi) is 4.56. The highest BCUT2D eigenvalue weighted by Crippen LogP contribution is 2.40. The van der Waals surface area contributed by atoms with E-state index >= 15 is 0 Å². The highest BCUT2D eigenvalue weighted by atomic mass is 28.4. The van der Waals surface area contributed by atoms with Gasteiger partial charge in [-0.2, -0.15) is 0 Å². The van der Waals surface area contributed by atoms with Crippen LogP contribution in [0, 0.1) is 5.41 Å². The van der Waals surface area contributed by atoms with Crippen LogP contribution in [0.25, 0.3) is 0 Å². The van der Waals surface area contributed by atoms with Crippen molar-refractivity contribution in [2.45, 2.75) is 46.0 Å². The lowest BCUT2D eigenvalue weighted by Crippen LogP contribution is -2.48. The van der Waals surface area contributed by atoms with Crippen LogP contribution in [0.3, 0.4) is 0 Å². The molecule has 0 aliphatic heterocycles. The van der Waals surface area contributed by atoms with Crippen LogP contribution in [0.1, 0.15) is 20.3 Å². The van der Waals surface area contributed by atoms with Crippen LogP contribution in [0.15, 0.2) is 24.3 Å². The van der Waals surface area contributed by atoms with Crippen LogP contribution in [0.5, 0.6) is 0 Å². The van der Waals surface area contributed by atoms with Crippen LogP contribution in [0.2, 0.25) is 19.6 Å². The minimum absolute atomic E-state index is 0.234. The molecule has 18 heavy (non-hydrogen) atoms. The van der Waals surface area contributed by atoms with Crippen LogP contribution >= 0.6 is 0 Å². The molecule has 0 amide bonds. The first-order valence-corrected chi connectivity index (χ1v) is 9.82. The van der Waals surface area contributed by atoms with E-state index in [-0.39, 0.29) is 12.1 Å². The first-order chi connectivity index (χ1) is 8.21. The Morgan fingerprint density at radius 3 is 2.67 bits per heavy atom. The highest BCUT2D eigenvalue weighted by Gasteiger charge is 2.47. The summed E-state index contributed by atoms with van der Waals surface area (Å²) in [4.78, 5) is 12.2. The van der Waals surface area contributed by atoms with Gasteiger partial charge in [0.15, 0.2) is 8.32 Å². The van der Waals surface area contributed by atoms with Gasteiger partial charge in [0.2, 0.25) is 0 Å². The monoisotopic (exact) mass is 268 g/mol. The molecule has 0 saturated heterocycles. The molecular weight excluding hydrogens is 244 g/mol. The first-order valence-electron chi connectivity index (χ1n) is 6.41. The average molecular weight is 268 g/mol. The van der Waals surface area contributed by atoms with Crippen LogP contribution in [0.4, 0.5) is 0 Å². The van der Waals surface area contributed by atoms with Crippen molar-refractivity contribution < 1.29 is 14.0 Å². The van der Waals surface area contributed by atoms with E-state index in [0.717, 1.165) is 5.57 Å². The molecule has 0 aromatic rings. The van der Waals surface area contributed by atoms with Gasteiger partial charge in [-0.05, 0) is 39.9 Å². The fraction of sp³-hybridized carbons (Fsp3) is 0.643. The Hall–Kier alpha value is -0.873. The van der Waals surface area contributed by atoms with Crippen molar-refractivity contribution in [3.8, 4) is 0 Å². The summed E-state index contributed by atoms with van der Waals surface area (Å²) in [6.07, 6.45) is 4.45. The zero-order valence-electron chi connectivity index (χ0n) is 12.1. The predicted molar refractivity (Wildman–Crippen MR) is 75.9 cm³/mol. The molecule has 1 aliphatic carbocycles. The molecule has 102 valence electrons. The summed E-state index contributed by atoms with van der Waals surface area (Å²) in [7, 11) is -1.73. The lowest BCUT2D eigenvalue weighted by atomic mass is 9.73. The Labute approximate surface area is 111 Å². The van der Waals surface area contributed by atoms with Crippen molar-refractivity contribution in [3.05, 3.63) is 24.3 Å². The molecule has 0 aromatic carbocycles. The van der Waals surface area contributed by atoms with Crippen molar-refractivity contribution in [1.29, 1.82) is 0 Å². The van der Waals surface area contributed by atoms with Crippen molar-refractivity contribution >= 4 is 14.3 Å². The quantitative estimate of drug-likeness (QED) is 0.446. The molecule has 1 aliphatic rings. The van der Waals surface area contributed by atoms with Gasteiger partial charge in [-0.15, -0.1) is 0 Å². The number of allylic oxidation sites excluding steroid dienone is 1. The zero-order chi connectivity index (χ0) is 14.0. The molecule has 0 spiro atoms. The molecule has 0 aromatic heterocycles. The predicted octanol–water partition coefficient (Wildman–Crippen LogP) is 3.29. The van der Waals surface area contributed by atoms with E-state index in [1.807, 2.05) is 26.0 Å². The summed E-state index contributed by atoms with van der Waals surface area (Å²) < 4.78 is 11.3. The second-order valence-corrected chi connectivity index (χ2v) is 10.3. The van der Waals surface area contributed by atoms with Gasteiger partial charge in [0, 0.05) is 0 Å². The van der Waals surface area contributed by atoms with Gasteiger partial charge < -0.3 is 9.16 Å². The van der Waals surface area contributed by atoms with Gasteiger partial charge >= 0.3 is 5.97 Å². The minimum atomic E-state index is -1.73. The molecule has 0 N–H and O–H groups in total. The lowest BCUT2D eigenvalue weighted by molar-refractivity contribution is -0.156. The van der Waals surface area contributed by atoms with E-state index in [2.05, 4.69) is 26.2 Å². The van der Waals surface area contributed by atoms with Crippen LogP contribution in [-0.2, 0) is 14.0 Å². The SMILES string of the molecule is C=C1CC=CC(O[Si](C)(C)C)C1(C)C(=O)OCC. The van der Waals surface area contributed by atoms with Gasteiger partial charge in [0.25, 0.3) is 0 Å². The second kappa shape index (κ2) is 5.41. The minimum Gasteiger partial charge on any atom is -0.465 e. The third kappa shape index (κ3) is 3.12. The molecule has 0 bridgehead atoms. The molecule has 2 unspecified atom stereocenters. The zero-order valence-corrected chi connectivity index (χ0v) is 13.1. The molecule has 0 heterocycles. The maximum atomic E-state index is 12.2. The molecule has 1 rings (SSSR count).